The molecule has 166 valence electrons. The molecule has 2 fully saturated rings. The normalized spacial score (nSPS) is 19.3. The third-order valence-corrected chi connectivity index (χ3v) is 6.34. The highest BCUT2D eigenvalue weighted by Gasteiger charge is 2.30. The Morgan fingerprint density at radius 1 is 1.20 bits per heavy atom. The van der Waals surface area contributed by atoms with Gasteiger partial charge in [-0.2, -0.15) is 0 Å². The van der Waals surface area contributed by atoms with Crippen LogP contribution in [0.25, 0.3) is 0 Å². The second-order valence-electron chi connectivity index (χ2n) is 8.76. The van der Waals surface area contributed by atoms with Crippen LogP contribution in [0.3, 0.4) is 0 Å². The van der Waals surface area contributed by atoms with E-state index in [9.17, 15) is 4.79 Å². The number of rotatable bonds is 8. The summed E-state index contributed by atoms with van der Waals surface area (Å²) in [7, 11) is 0. The fourth-order valence-corrected chi connectivity index (χ4v) is 4.09. The molecule has 1 saturated heterocycles. The van der Waals surface area contributed by atoms with Gasteiger partial charge in [0.15, 0.2) is 5.96 Å². The largest absolute Gasteiger partial charge is 0.357 e. The van der Waals surface area contributed by atoms with E-state index in [2.05, 4.69) is 65.5 Å². The summed E-state index contributed by atoms with van der Waals surface area (Å²) in [6, 6.07) is 8.68. The van der Waals surface area contributed by atoms with Crippen molar-refractivity contribution in [2.45, 2.75) is 46.0 Å². The number of carbonyl (C=O) groups is 1. The molecule has 1 aliphatic carbocycles. The van der Waals surface area contributed by atoms with Gasteiger partial charge in [-0.15, -0.1) is 0 Å². The molecule has 1 heterocycles. The number of aryl methyl sites for hydroxylation is 1. The van der Waals surface area contributed by atoms with Gasteiger partial charge >= 0.3 is 0 Å². The number of hydrogen-bond acceptors (Lipinski definition) is 3. The highest BCUT2D eigenvalue weighted by Crippen LogP contribution is 2.28. The molecule has 1 atom stereocenters. The van der Waals surface area contributed by atoms with E-state index in [4.69, 9.17) is 4.99 Å². The summed E-state index contributed by atoms with van der Waals surface area (Å²) in [6.45, 7) is 13.6. The Morgan fingerprint density at radius 3 is 2.60 bits per heavy atom. The zero-order valence-electron chi connectivity index (χ0n) is 19.0. The van der Waals surface area contributed by atoms with Crippen molar-refractivity contribution in [3.05, 3.63) is 35.4 Å². The predicted octanol–water partition coefficient (Wildman–Crippen LogP) is 2.60. The van der Waals surface area contributed by atoms with Crippen molar-refractivity contribution in [2.75, 3.05) is 52.4 Å². The molecule has 1 unspecified atom stereocenters. The van der Waals surface area contributed by atoms with Crippen molar-refractivity contribution in [3.8, 4) is 0 Å². The smallest absolute Gasteiger partial charge is 0.225 e. The van der Waals surface area contributed by atoms with Crippen LogP contribution >= 0.6 is 0 Å². The van der Waals surface area contributed by atoms with E-state index in [0.29, 0.717) is 17.7 Å². The lowest BCUT2D eigenvalue weighted by molar-refractivity contribution is -0.139. The van der Waals surface area contributed by atoms with Crippen molar-refractivity contribution < 1.29 is 4.79 Å². The number of amides is 1. The van der Waals surface area contributed by atoms with Gasteiger partial charge in [0.2, 0.25) is 5.91 Å². The molecule has 1 saturated carbocycles. The summed E-state index contributed by atoms with van der Waals surface area (Å²) in [5, 5.41) is 6.83. The summed E-state index contributed by atoms with van der Waals surface area (Å²) < 4.78 is 0. The van der Waals surface area contributed by atoms with Crippen molar-refractivity contribution >= 4 is 11.9 Å². The first-order valence-corrected chi connectivity index (χ1v) is 11.7. The van der Waals surface area contributed by atoms with Crippen molar-refractivity contribution in [2.24, 2.45) is 10.9 Å². The number of nitrogens with zero attached hydrogens (tertiary/aromatic N) is 3. The number of piperazine rings is 1. The van der Waals surface area contributed by atoms with Gasteiger partial charge in [-0.25, -0.2) is 0 Å². The summed E-state index contributed by atoms with van der Waals surface area (Å²) in [5.74, 6) is 1.99. The van der Waals surface area contributed by atoms with Crippen molar-refractivity contribution in [1.82, 2.24) is 20.4 Å². The topological polar surface area (TPSA) is 60.0 Å². The number of benzene rings is 1. The van der Waals surface area contributed by atoms with Crippen LogP contribution in [-0.4, -0.2) is 74.0 Å². The first kappa shape index (κ1) is 22.6. The number of hydrogen-bond donors (Lipinski definition) is 2. The molecule has 0 spiro atoms. The fraction of sp³-hybridized carbons (Fsp3) is 0.667. The van der Waals surface area contributed by atoms with Crippen LogP contribution in [-0.2, 0) is 4.79 Å². The van der Waals surface area contributed by atoms with Crippen LogP contribution in [0.2, 0.25) is 0 Å². The minimum Gasteiger partial charge on any atom is -0.357 e. The minimum absolute atomic E-state index is 0.319. The van der Waals surface area contributed by atoms with Gasteiger partial charge in [0, 0.05) is 64.2 Å². The van der Waals surface area contributed by atoms with Crippen LogP contribution in [0.4, 0.5) is 0 Å². The molecule has 0 aromatic heterocycles. The minimum atomic E-state index is 0.319. The van der Waals surface area contributed by atoms with E-state index >= 15 is 0 Å². The van der Waals surface area contributed by atoms with E-state index in [0.717, 1.165) is 71.2 Å². The van der Waals surface area contributed by atoms with E-state index in [-0.39, 0.29) is 0 Å². The predicted molar refractivity (Wildman–Crippen MR) is 124 cm³/mol. The van der Waals surface area contributed by atoms with Crippen LogP contribution in [0.1, 0.15) is 50.2 Å². The summed E-state index contributed by atoms with van der Waals surface area (Å²) in [5.41, 5.74) is 2.63. The van der Waals surface area contributed by atoms with Crippen LogP contribution in [0.5, 0.6) is 0 Å². The Kier molecular flexibility index (Phi) is 8.55. The van der Waals surface area contributed by atoms with E-state index in [1.54, 1.807) is 0 Å². The maximum Gasteiger partial charge on any atom is 0.225 e. The number of nitrogens with one attached hydrogen (secondary N) is 2. The fourth-order valence-electron chi connectivity index (χ4n) is 4.09. The summed E-state index contributed by atoms with van der Waals surface area (Å²) in [6.07, 6.45) is 3.41. The quantitative estimate of drug-likeness (QED) is 0.508. The standard InChI is InChI=1S/C24H39N5O/c1-4-25-24(27-18-20(3)22-10-5-7-19(2)17-22)26-11-12-28-13-15-29(16-14-28)23(30)21-8-6-9-21/h5,7,10,17,20-21H,4,6,8-9,11-16,18H2,1-3H3,(H2,25,26,27). The Bertz CT molecular complexity index is 707. The lowest BCUT2D eigenvalue weighted by atomic mass is 9.84. The Labute approximate surface area is 182 Å². The molecule has 1 aromatic carbocycles. The maximum atomic E-state index is 12.4. The monoisotopic (exact) mass is 413 g/mol. The molecule has 6 heteroatoms. The SMILES string of the molecule is CCNC(=NCC(C)c1cccc(C)c1)NCCN1CCN(C(=O)C2CCC2)CC1. The number of guanidine groups is 1. The van der Waals surface area contributed by atoms with Crippen LogP contribution < -0.4 is 10.6 Å². The average Bonchev–Trinajstić information content (AvgIpc) is 2.71. The summed E-state index contributed by atoms with van der Waals surface area (Å²) >= 11 is 0. The Balaban J connectivity index is 1.39. The highest BCUT2D eigenvalue weighted by atomic mass is 16.2. The van der Waals surface area contributed by atoms with Crippen LogP contribution in [0, 0.1) is 12.8 Å². The lowest BCUT2D eigenvalue weighted by Crippen LogP contribution is -2.52. The van der Waals surface area contributed by atoms with Gasteiger partial charge in [0.1, 0.15) is 0 Å². The molecule has 1 aliphatic heterocycles. The molecule has 30 heavy (non-hydrogen) atoms. The van der Waals surface area contributed by atoms with Gasteiger partial charge in [0.25, 0.3) is 0 Å². The molecule has 6 nitrogen and oxygen atoms in total. The third-order valence-electron chi connectivity index (χ3n) is 6.34. The van der Waals surface area contributed by atoms with Crippen LogP contribution in [0.15, 0.2) is 29.3 Å². The zero-order valence-corrected chi connectivity index (χ0v) is 19.0. The number of aliphatic imine (C=N–C) groups is 1. The third kappa shape index (κ3) is 6.46. The number of carbonyl (C=O) groups excluding carboxylic acids is 1. The van der Waals surface area contributed by atoms with Gasteiger partial charge in [-0.3, -0.25) is 14.7 Å². The molecule has 0 radical (unpaired) electrons. The van der Waals surface area contributed by atoms with E-state index in [1.807, 2.05) is 0 Å². The van der Waals surface area contributed by atoms with Gasteiger partial charge < -0.3 is 15.5 Å². The molecule has 1 amide bonds. The highest BCUT2D eigenvalue weighted by molar-refractivity contribution is 5.80. The summed E-state index contributed by atoms with van der Waals surface area (Å²) in [4.78, 5) is 21.7. The molecule has 3 rings (SSSR count). The lowest BCUT2D eigenvalue weighted by Gasteiger charge is -2.38. The Morgan fingerprint density at radius 2 is 1.97 bits per heavy atom. The van der Waals surface area contributed by atoms with Crippen molar-refractivity contribution in [3.63, 3.8) is 0 Å². The van der Waals surface area contributed by atoms with E-state index < -0.39 is 0 Å². The molecule has 1 aromatic rings. The van der Waals surface area contributed by atoms with E-state index in [1.165, 1.54) is 17.5 Å². The van der Waals surface area contributed by atoms with Gasteiger partial charge in [0.05, 0.1) is 0 Å². The Hall–Kier alpha value is -2.08. The molecular weight excluding hydrogens is 374 g/mol. The average molecular weight is 414 g/mol. The van der Waals surface area contributed by atoms with Crippen molar-refractivity contribution in [1.29, 1.82) is 0 Å². The van der Waals surface area contributed by atoms with Gasteiger partial charge in [-0.05, 0) is 32.3 Å². The maximum absolute atomic E-state index is 12.4. The zero-order chi connectivity index (χ0) is 21.3. The second-order valence-corrected chi connectivity index (χ2v) is 8.76. The second kappa shape index (κ2) is 11.3. The molecular formula is C24H39N5O. The molecule has 2 aliphatic rings. The van der Waals surface area contributed by atoms with Gasteiger partial charge in [-0.1, -0.05) is 43.2 Å². The molecule has 2 N–H and O–H groups in total. The first-order valence-electron chi connectivity index (χ1n) is 11.7. The molecule has 0 bridgehead atoms. The first-order chi connectivity index (χ1) is 14.6.